The summed E-state index contributed by atoms with van der Waals surface area (Å²) in [5.41, 5.74) is 1.17. The van der Waals surface area contributed by atoms with Crippen LogP contribution in [0, 0.1) is 5.82 Å². The first kappa shape index (κ1) is 14.5. The second-order valence-corrected chi connectivity index (χ2v) is 5.83. The molecule has 1 heterocycles. The van der Waals surface area contributed by atoms with E-state index in [0.29, 0.717) is 5.39 Å². The second-order valence-electron chi connectivity index (χ2n) is 5.83. The Morgan fingerprint density at radius 3 is 2.57 bits per heavy atom. The van der Waals surface area contributed by atoms with E-state index in [0.717, 1.165) is 18.5 Å². The molecule has 2 aromatic rings. The van der Waals surface area contributed by atoms with Gasteiger partial charge in [-0.15, -0.1) is 0 Å². The summed E-state index contributed by atoms with van der Waals surface area (Å²) in [4.78, 5) is 2.54. The van der Waals surface area contributed by atoms with Gasteiger partial charge < -0.3 is 10.2 Å². The van der Waals surface area contributed by atoms with Crippen molar-refractivity contribution in [3.8, 4) is 0 Å². The standard InChI is InChI=1S/C18H23FN2/c19-18-9-8-15(16-6-1-2-7-17(16)18)14-20-10-5-13-21-11-3-4-12-21/h1-2,6-9,20H,3-5,10-14H2. The van der Waals surface area contributed by atoms with E-state index >= 15 is 0 Å². The molecule has 1 fully saturated rings. The van der Waals surface area contributed by atoms with Crippen LogP contribution in [0.2, 0.25) is 0 Å². The molecule has 0 amide bonds. The highest BCUT2D eigenvalue weighted by Gasteiger charge is 2.10. The maximum atomic E-state index is 13.8. The van der Waals surface area contributed by atoms with Crippen molar-refractivity contribution in [2.24, 2.45) is 0 Å². The molecule has 0 atom stereocenters. The zero-order valence-corrected chi connectivity index (χ0v) is 12.4. The van der Waals surface area contributed by atoms with Crippen molar-refractivity contribution >= 4 is 10.8 Å². The lowest BCUT2D eigenvalue weighted by molar-refractivity contribution is 0.331. The minimum atomic E-state index is -0.136. The average Bonchev–Trinajstić information content (AvgIpc) is 3.03. The molecule has 0 radical (unpaired) electrons. The minimum absolute atomic E-state index is 0.136. The zero-order chi connectivity index (χ0) is 14.5. The maximum Gasteiger partial charge on any atom is 0.131 e. The van der Waals surface area contributed by atoms with Crippen molar-refractivity contribution in [1.29, 1.82) is 0 Å². The Balaban J connectivity index is 1.52. The molecule has 2 nitrogen and oxygen atoms in total. The van der Waals surface area contributed by atoms with Gasteiger partial charge in [-0.3, -0.25) is 0 Å². The van der Waals surface area contributed by atoms with E-state index < -0.39 is 0 Å². The maximum absolute atomic E-state index is 13.8. The molecule has 0 aromatic heterocycles. The summed E-state index contributed by atoms with van der Waals surface area (Å²) < 4.78 is 13.8. The van der Waals surface area contributed by atoms with Crippen molar-refractivity contribution in [1.82, 2.24) is 10.2 Å². The normalized spacial score (nSPS) is 15.9. The van der Waals surface area contributed by atoms with Crippen LogP contribution in [0.15, 0.2) is 36.4 Å². The summed E-state index contributed by atoms with van der Waals surface area (Å²) in [7, 11) is 0. The van der Waals surface area contributed by atoms with Gasteiger partial charge in [-0.2, -0.15) is 0 Å². The van der Waals surface area contributed by atoms with Crippen LogP contribution in [0.4, 0.5) is 4.39 Å². The summed E-state index contributed by atoms with van der Waals surface area (Å²) in [6, 6.07) is 11.2. The third-order valence-electron chi connectivity index (χ3n) is 4.30. The molecule has 0 spiro atoms. The Bertz CT molecular complexity index is 591. The molecule has 0 bridgehead atoms. The third kappa shape index (κ3) is 3.60. The van der Waals surface area contributed by atoms with Crippen LogP contribution in [0.1, 0.15) is 24.8 Å². The molecule has 3 rings (SSSR count). The number of rotatable bonds is 6. The molecule has 0 unspecified atom stereocenters. The Morgan fingerprint density at radius 2 is 1.76 bits per heavy atom. The summed E-state index contributed by atoms with van der Waals surface area (Å²) in [6.45, 7) is 5.55. The smallest absolute Gasteiger partial charge is 0.131 e. The highest BCUT2D eigenvalue weighted by Crippen LogP contribution is 2.21. The predicted molar refractivity (Wildman–Crippen MR) is 85.9 cm³/mol. The molecule has 0 aliphatic carbocycles. The number of benzene rings is 2. The highest BCUT2D eigenvalue weighted by atomic mass is 19.1. The van der Waals surface area contributed by atoms with Crippen LogP contribution in [0.3, 0.4) is 0 Å². The van der Waals surface area contributed by atoms with Gasteiger partial charge in [-0.05, 0) is 62.5 Å². The van der Waals surface area contributed by atoms with Gasteiger partial charge in [0.2, 0.25) is 0 Å². The van der Waals surface area contributed by atoms with Crippen molar-refractivity contribution in [3.63, 3.8) is 0 Å². The molecule has 1 N–H and O–H groups in total. The van der Waals surface area contributed by atoms with E-state index in [1.807, 2.05) is 30.3 Å². The van der Waals surface area contributed by atoms with Crippen molar-refractivity contribution in [2.75, 3.05) is 26.2 Å². The largest absolute Gasteiger partial charge is 0.313 e. The quantitative estimate of drug-likeness (QED) is 0.817. The van der Waals surface area contributed by atoms with Gasteiger partial charge >= 0.3 is 0 Å². The van der Waals surface area contributed by atoms with Gasteiger partial charge in [0.25, 0.3) is 0 Å². The van der Waals surface area contributed by atoms with Gasteiger partial charge in [0.1, 0.15) is 5.82 Å². The molecule has 0 saturated carbocycles. The van der Waals surface area contributed by atoms with E-state index in [-0.39, 0.29) is 5.82 Å². The number of likely N-dealkylation sites (tertiary alicyclic amines) is 1. The molecule has 21 heavy (non-hydrogen) atoms. The Hall–Kier alpha value is -1.45. The molecule has 2 aromatic carbocycles. The van der Waals surface area contributed by atoms with Gasteiger partial charge in [-0.25, -0.2) is 4.39 Å². The van der Waals surface area contributed by atoms with Gasteiger partial charge in [0, 0.05) is 11.9 Å². The fourth-order valence-corrected chi connectivity index (χ4v) is 3.14. The monoisotopic (exact) mass is 286 g/mol. The van der Waals surface area contributed by atoms with E-state index in [1.54, 1.807) is 6.07 Å². The average molecular weight is 286 g/mol. The lowest BCUT2D eigenvalue weighted by Gasteiger charge is -2.14. The highest BCUT2D eigenvalue weighted by molar-refractivity contribution is 5.86. The first-order valence-corrected chi connectivity index (χ1v) is 7.94. The lowest BCUT2D eigenvalue weighted by Crippen LogP contribution is -2.24. The van der Waals surface area contributed by atoms with Crippen LogP contribution < -0.4 is 5.32 Å². The van der Waals surface area contributed by atoms with Crippen LogP contribution in [-0.2, 0) is 6.54 Å². The second kappa shape index (κ2) is 7.01. The van der Waals surface area contributed by atoms with Crippen molar-refractivity contribution in [3.05, 3.63) is 47.8 Å². The van der Waals surface area contributed by atoms with Crippen LogP contribution >= 0.6 is 0 Å². The number of fused-ring (bicyclic) bond motifs is 1. The number of hydrogen-bond donors (Lipinski definition) is 1. The molecular formula is C18H23FN2. The van der Waals surface area contributed by atoms with E-state index in [4.69, 9.17) is 0 Å². The van der Waals surface area contributed by atoms with Gasteiger partial charge in [0.15, 0.2) is 0 Å². The summed E-state index contributed by atoms with van der Waals surface area (Å²) in [5, 5.41) is 5.22. The molecule has 1 aliphatic heterocycles. The molecular weight excluding hydrogens is 263 g/mol. The molecule has 1 saturated heterocycles. The minimum Gasteiger partial charge on any atom is -0.313 e. The number of halogens is 1. The Morgan fingerprint density at radius 1 is 1.00 bits per heavy atom. The number of hydrogen-bond acceptors (Lipinski definition) is 2. The van der Waals surface area contributed by atoms with Crippen molar-refractivity contribution in [2.45, 2.75) is 25.8 Å². The summed E-state index contributed by atoms with van der Waals surface area (Å²) >= 11 is 0. The SMILES string of the molecule is Fc1ccc(CNCCCN2CCCC2)c2ccccc12. The first-order chi connectivity index (χ1) is 10.3. The lowest BCUT2D eigenvalue weighted by atomic mass is 10.0. The Labute approximate surface area is 126 Å². The zero-order valence-electron chi connectivity index (χ0n) is 12.4. The number of nitrogens with zero attached hydrogens (tertiary/aromatic N) is 1. The van der Waals surface area contributed by atoms with Gasteiger partial charge in [-0.1, -0.05) is 30.3 Å². The Kier molecular flexibility index (Phi) is 4.84. The van der Waals surface area contributed by atoms with Crippen LogP contribution in [-0.4, -0.2) is 31.1 Å². The molecule has 112 valence electrons. The van der Waals surface area contributed by atoms with Crippen LogP contribution in [0.5, 0.6) is 0 Å². The third-order valence-corrected chi connectivity index (χ3v) is 4.30. The first-order valence-electron chi connectivity index (χ1n) is 7.94. The topological polar surface area (TPSA) is 15.3 Å². The van der Waals surface area contributed by atoms with E-state index in [1.165, 1.54) is 44.5 Å². The summed E-state index contributed by atoms with van der Waals surface area (Å²) in [5.74, 6) is -0.136. The number of nitrogens with one attached hydrogen (secondary N) is 1. The predicted octanol–water partition coefficient (Wildman–Crippen LogP) is 3.55. The van der Waals surface area contributed by atoms with Gasteiger partial charge in [0.05, 0.1) is 0 Å². The fraction of sp³-hybridized carbons (Fsp3) is 0.444. The molecule has 1 aliphatic rings. The fourth-order valence-electron chi connectivity index (χ4n) is 3.14. The van der Waals surface area contributed by atoms with E-state index in [9.17, 15) is 4.39 Å². The van der Waals surface area contributed by atoms with Crippen LogP contribution in [0.25, 0.3) is 10.8 Å². The summed E-state index contributed by atoms with van der Waals surface area (Å²) in [6.07, 6.45) is 3.89. The molecule has 3 heteroatoms. The van der Waals surface area contributed by atoms with E-state index in [2.05, 4.69) is 10.2 Å². The van der Waals surface area contributed by atoms with Crippen molar-refractivity contribution < 1.29 is 4.39 Å².